The molecule has 1 aliphatic carbocycles. The van der Waals surface area contributed by atoms with Crippen LogP contribution in [-0.2, 0) is 78.3 Å². The lowest BCUT2D eigenvalue weighted by molar-refractivity contribution is -0.282. The minimum atomic E-state index is -3.49. The number of sulfone groups is 1. The van der Waals surface area contributed by atoms with Gasteiger partial charge in [-0.15, -0.1) is 0 Å². The van der Waals surface area contributed by atoms with Gasteiger partial charge in [0.05, 0.1) is 24.7 Å². The summed E-state index contributed by atoms with van der Waals surface area (Å²) in [6.45, 7) is 3.05. The molecular weight excluding hydrogens is 953 g/mol. The van der Waals surface area contributed by atoms with Crippen molar-refractivity contribution < 1.29 is 84.6 Å². The first-order valence-electron chi connectivity index (χ1n) is 22.6. The number of likely N-dealkylation sites (N-methyl/N-ethyl adjacent to an activating group) is 1. The summed E-state index contributed by atoms with van der Waals surface area (Å²) in [4.78, 5) is 93.2. The Hall–Kier alpha value is -6.82. The van der Waals surface area contributed by atoms with Crippen molar-refractivity contribution in [3.63, 3.8) is 0 Å². The lowest BCUT2D eigenvalue weighted by atomic mass is 9.97. The maximum absolute atomic E-state index is 13.8. The number of nitrogens with one attached hydrogen (secondary N) is 2. The van der Waals surface area contributed by atoms with Gasteiger partial charge >= 0.3 is 36.1 Å². The first-order valence-corrected chi connectivity index (χ1v) is 24.7. The van der Waals surface area contributed by atoms with Gasteiger partial charge in [0.2, 0.25) is 18.3 Å². The molecule has 3 aliphatic rings. The zero-order chi connectivity index (χ0) is 51.4. The molecule has 2 N–H and O–H groups in total. The predicted molar refractivity (Wildman–Crippen MR) is 249 cm³/mol. The van der Waals surface area contributed by atoms with Gasteiger partial charge in [0, 0.05) is 46.5 Å². The number of ether oxygens (including phenoxy) is 9. The summed E-state index contributed by atoms with van der Waals surface area (Å²) in [7, 11) is -1.11. The van der Waals surface area contributed by atoms with Crippen LogP contribution in [0.1, 0.15) is 56.2 Å². The van der Waals surface area contributed by atoms with Gasteiger partial charge in [-0.05, 0) is 65.9 Å². The molecule has 2 saturated heterocycles. The lowest BCUT2D eigenvalue weighted by Crippen LogP contribution is -2.64. The number of anilines is 1. The smallest absolute Gasteiger partial charge is 0.411 e. The first-order chi connectivity index (χ1) is 33.8. The summed E-state index contributed by atoms with van der Waals surface area (Å²) in [5.74, 6) is -5.44. The van der Waals surface area contributed by atoms with E-state index in [1.165, 1.54) is 25.2 Å². The fourth-order valence-electron chi connectivity index (χ4n) is 8.22. The normalized spacial score (nSPS) is 19.7. The van der Waals surface area contributed by atoms with Gasteiger partial charge in [0.15, 0.2) is 18.3 Å². The van der Waals surface area contributed by atoms with E-state index < -0.39 is 95.7 Å². The number of nitrogens with zero attached hydrogens (tertiary/aromatic N) is 2. The van der Waals surface area contributed by atoms with E-state index in [4.69, 9.17) is 42.6 Å². The van der Waals surface area contributed by atoms with E-state index in [0.717, 1.165) is 66.2 Å². The SMILES string of the molecule is COC(=O)[C@H]1O[C@@H](Oc2ccc(COC(=O)N(CCS(C)(=O)=O)COC3CCNCC3)cc2NC(=O)CN(C)C(=O)OCC2c3ccccc3-c3ccccc32)[C@H](OC(C)=O)[C@@H](OC(C)=O)[C@@H]1OC(C)=O. The second-order valence-corrected chi connectivity index (χ2v) is 19.3. The third-order valence-corrected chi connectivity index (χ3v) is 12.5. The number of hydrogen-bond donors (Lipinski definition) is 2. The fourth-order valence-corrected chi connectivity index (χ4v) is 8.77. The largest absolute Gasteiger partial charge is 0.467 e. The fraction of sp³-hybridized carbons (Fsp3) is 0.479. The summed E-state index contributed by atoms with van der Waals surface area (Å²) < 4.78 is 74.8. The second kappa shape index (κ2) is 24.3. The molecule has 0 spiro atoms. The number of esters is 4. The second-order valence-electron chi connectivity index (χ2n) is 17.0. The van der Waals surface area contributed by atoms with Crippen molar-refractivity contribution in [2.45, 2.75) is 82.9 Å². The van der Waals surface area contributed by atoms with Gasteiger partial charge < -0.3 is 58.2 Å². The van der Waals surface area contributed by atoms with Gasteiger partial charge in [0.1, 0.15) is 42.1 Å². The Labute approximate surface area is 410 Å². The number of carbonyl (C=O) groups is 7. The Morgan fingerprint density at radius 1 is 0.789 bits per heavy atom. The summed E-state index contributed by atoms with van der Waals surface area (Å²) in [5.41, 5.74) is 4.17. The van der Waals surface area contributed by atoms with E-state index in [2.05, 4.69) is 10.6 Å². The van der Waals surface area contributed by atoms with E-state index in [0.29, 0.717) is 25.9 Å². The van der Waals surface area contributed by atoms with Crippen LogP contribution in [0.15, 0.2) is 66.7 Å². The quantitative estimate of drug-likeness (QED) is 0.0991. The van der Waals surface area contributed by atoms with E-state index >= 15 is 0 Å². The topological polar surface area (TPSA) is 267 Å². The van der Waals surface area contributed by atoms with Crippen molar-refractivity contribution in [1.29, 1.82) is 0 Å². The molecule has 0 bridgehead atoms. The van der Waals surface area contributed by atoms with Gasteiger partial charge in [-0.3, -0.25) is 24.1 Å². The van der Waals surface area contributed by atoms with Crippen LogP contribution in [0.25, 0.3) is 11.1 Å². The number of benzene rings is 3. The number of hydrogen-bond acceptors (Lipinski definition) is 19. The van der Waals surface area contributed by atoms with Crippen LogP contribution >= 0.6 is 0 Å². The number of amides is 3. The van der Waals surface area contributed by atoms with Crippen LogP contribution in [0.3, 0.4) is 0 Å². The van der Waals surface area contributed by atoms with Gasteiger partial charge in [0.25, 0.3) is 0 Å². The van der Waals surface area contributed by atoms with Crippen molar-refractivity contribution in [3.8, 4) is 16.9 Å². The van der Waals surface area contributed by atoms with Gasteiger partial charge in [-0.1, -0.05) is 54.6 Å². The van der Waals surface area contributed by atoms with Crippen molar-refractivity contribution in [3.05, 3.63) is 83.4 Å². The number of carbonyl (C=O) groups excluding carboxylic acids is 7. The highest BCUT2D eigenvalue weighted by Gasteiger charge is 2.56. The minimum Gasteiger partial charge on any atom is -0.467 e. The molecule has 22 nitrogen and oxygen atoms in total. The highest BCUT2D eigenvalue weighted by molar-refractivity contribution is 7.90. The Kier molecular flexibility index (Phi) is 18.4. The van der Waals surface area contributed by atoms with Crippen LogP contribution in [0.4, 0.5) is 15.3 Å². The van der Waals surface area contributed by atoms with Crippen molar-refractivity contribution in [2.75, 3.05) is 71.0 Å². The third kappa shape index (κ3) is 14.6. The molecule has 6 rings (SSSR count). The van der Waals surface area contributed by atoms with Crippen LogP contribution in [0, 0.1) is 0 Å². The van der Waals surface area contributed by atoms with E-state index in [9.17, 15) is 42.0 Å². The zero-order valence-corrected chi connectivity index (χ0v) is 40.9. The monoisotopic (exact) mass is 1010 g/mol. The average molecular weight is 1010 g/mol. The zero-order valence-electron chi connectivity index (χ0n) is 40.1. The van der Waals surface area contributed by atoms with Crippen LogP contribution < -0.4 is 15.4 Å². The van der Waals surface area contributed by atoms with Gasteiger partial charge in [-0.25, -0.2) is 22.8 Å². The third-order valence-electron chi connectivity index (χ3n) is 11.5. The van der Waals surface area contributed by atoms with E-state index in [1.54, 1.807) is 0 Å². The first kappa shape index (κ1) is 53.5. The number of piperidine rings is 1. The molecule has 2 heterocycles. The maximum Gasteiger partial charge on any atom is 0.411 e. The van der Waals surface area contributed by atoms with Gasteiger partial charge in [-0.2, -0.15) is 0 Å². The Morgan fingerprint density at radius 2 is 1.39 bits per heavy atom. The summed E-state index contributed by atoms with van der Waals surface area (Å²) in [5, 5.41) is 5.89. The van der Waals surface area contributed by atoms with Crippen molar-refractivity contribution in [1.82, 2.24) is 15.1 Å². The molecule has 3 aromatic carbocycles. The summed E-state index contributed by atoms with van der Waals surface area (Å²) in [6.07, 6.45) is -8.20. The maximum atomic E-state index is 13.8. The average Bonchev–Trinajstić information content (AvgIpc) is 3.64. The van der Waals surface area contributed by atoms with E-state index in [1.807, 2.05) is 48.5 Å². The Bertz CT molecular complexity index is 2510. The molecule has 2 aliphatic heterocycles. The standard InChI is InChI=1S/C48H58N4O18S/c1-28(53)66-41-42(67-29(2)54)44(68-30(3)55)46(70-43(41)45(57)62-5)69-39-16-15-31(25-63-48(59)52(21-22-71(6,60)61)27-65-32-17-19-49-20-18-32)23-38(39)50-40(56)24-51(4)47(58)64-26-37-35-13-9-7-11-33(35)34-12-8-10-14-36(34)37/h7-16,23,32,37,41-44,46,49H,17-22,24-27H2,1-6H3,(H,50,56)/t41-,42-,43-,44+,46+/m0/s1. The van der Waals surface area contributed by atoms with Crippen LogP contribution in [0.5, 0.6) is 5.75 Å². The highest BCUT2D eigenvalue weighted by Crippen LogP contribution is 2.44. The molecule has 2 fully saturated rings. The number of rotatable bonds is 19. The molecule has 3 aromatic rings. The van der Waals surface area contributed by atoms with Crippen molar-refractivity contribution >= 4 is 57.5 Å². The lowest BCUT2D eigenvalue weighted by Gasteiger charge is -2.43. The Balaban J connectivity index is 1.25. The van der Waals surface area contributed by atoms with Crippen molar-refractivity contribution in [2.24, 2.45) is 0 Å². The summed E-state index contributed by atoms with van der Waals surface area (Å²) in [6, 6.07) is 19.7. The minimum absolute atomic E-state index is 0.0163. The molecule has 71 heavy (non-hydrogen) atoms. The molecule has 3 amide bonds. The molecule has 0 radical (unpaired) electrons. The highest BCUT2D eigenvalue weighted by atomic mass is 32.2. The Morgan fingerprint density at radius 3 is 2.00 bits per heavy atom. The number of fused-ring (bicyclic) bond motifs is 3. The molecule has 0 aromatic heterocycles. The molecule has 0 saturated carbocycles. The number of methoxy groups -OCH3 is 1. The predicted octanol–water partition coefficient (Wildman–Crippen LogP) is 3.29. The molecule has 23 heteroatoms. The molecule has 0 unspecified atom stereocenters. The molecular formula is C48H58N4O18S. The molecule has 5 atom stereocenters. The molecule has 384 valence electrons. The van der Waals surface area contributed by atoms with Crippen LogP contribution in [-0.4, -0.2) is 163 Å². The van der Waals surface area contributed by atoms with Crippen LogP contribution in [0.2, 0.25) is 0 Å². The van der Waals surface area contributed by atoms with E-state index in [-0.39, 0.29) is 54.7 Å². The summed E-state index contributed by atoms with van der Waals surface area (Å²) >= 11 is 0.